The van der Waals surface area contributed by atoms with Gasteiger partial charge in [-0.15, -0.1) is 0 Å². The maximum Gasteiger partial charge on any atom is 0.0613 e. The summed E-state index contributed by atoms with van der Waals surface area (Å²) in [5, 5.41) is 13.1. The van der Waals surface area contributed by atoms with Crippen LogP contribution in [-0.2, 0) is 0 Å². The van der Waals surface area contributed by atoms with Gasteiger partial charge >= 0.3 is 0 Å². The van der Waals surface area contributed by atoms with Crippen LogP contribution < -0.4 is 5.32 Å². The Kier molecular flexibility index (Phi) is 4.16. The first kappa shape index (κ1) is 13.8. The highest BCUT2D eigenvalue weighted by molar-refractivity contribution is 5.01. The molecule has 2 aliphatic carbocycles. The number of likely N-dealkylation sites (N-methyl/N-ethyl adjacent to an activating group) is 1. The van der Waals surface area contributed by atoms with Crippen molar-refractivity contribution in [3.63, 3.8) is 0 Å². The van der Waals surface area contributed by atoms with Gasteiger partial charge in [-0.25, -0.2) is 0 Å². The first-order chi connectivity index (χ1) is 9.28. The molecule has 4 atom stereocenters. The van der Waals surface area contributed by atoms with E-state index in [0.717, 1.165) is 24.8 Å². The summed E-state index contributed by atoms with van der Waals surface area (Å²) >= 11 is 0. The fourth-order valence-corrected chi connectivity index (χ4v) is 4.95. The minimum atomic E-state index is 0.00623. The van der Waals surface area contributed by atoms with Gasteiger partial charge in [0.2, 0.25) is 0 Å². The second-order valence-corrected chi connectivity index (χ2v) is 7.08. The molecule has 0 amide bonds. The predicted octanol–water partition coefficient (Wildman–Crippen LogP) is 2.14. The van der Waals surface area contributed by atoms with Gasteiger partial charge in [0.1, 0.15) is 0 Å². The van der Waals surface area contributed by atoms with E-state index in [0.29, 0.717) is 12.6 Å². The molecule has 3 heteroatoms. The lowest BCUT2D eigenvalue weighted by molar-refractivity contribution is 0.0234. The molecule has 3 fully saturated rings. The molecule has 19 heavy (non-hydrogen) atoms. The normalized spacial score (nSPS) is 44.2. The Morgan fingerprint density at radius 3 is 2.68 bits per heavy atom. The summed E-state index contributed by atoms with van der Waals surface area (Å²) < 4.78 is 0. The minimum Gasteiger partial charge on any atom is -0.394 e. The molecular formula is C16H30N2O. The molecule has 0 radical (unpaired) electrons. The highest BCUT2D eigenvalue weighted by Crippen LogP contribution is 2.41. The van der Waals surface area contributed by atoms with Crippen LogP contribution in [0.15, 0.2) is 0 Å². The third kappa shape index (κ3) is 2.57. The smallest absolute Gasteiger partial charge is 0.0613 e. The van der Waals surface area contributed by atoms with Gasteiger partial charge in [-0.05, 0) is 64.5 Å². The first-order valence-electron chi connectivity index (χ1n) is 8.33. The highest BCUT2D eigenvalue weighted by Gasteiger charge is 2.44. The zero-order chi connectivity index (χ0) is 13.3. The average Bonchev–Trinajstić information content (AvgIpc) is 2.92. The molecule has 3 rings (SSSR count). The van der Waals surface area contributed by atoms with Crippen molar-refractivity contribution in [2.24, 2.45) is 5.92 Å². The summed E-state index contributed by atoms with van der Waals surface area (Å²) in [5.41, 5.74) is 0.00623. The van der Waals surface area contributed by atoms with E-state index >= 15 is 0 Å². The van der Waals surface area contributed by atoms with Crippen LogP contribution in [0.3, 0.4) is 0 Å². The molecular weight excluding hydrogens is 236 g/mol. The van der Waals surface area contributed by atoms with Crippen LogP contribution in [0.5, 0.6) is 0 Å². The standard InChI is InChI=1S/C16H30N2O/c1-17-16(12-19)9-8-14(11-16)18-10-4-6-13-5-2-3-7-15(13)18/h13-15,17,19H,2-12H2,1H3. The number of likely N-dealkylation sites (tertiary alicyclic amines) is 1. The maximum atomic E-state index is 9.68. The number of fused-ring (bicyclic) bond motifs is 1. The third-order valence-electron chi connectivity index (χ3n) is 6.17. The van der Waals surface area contributed by atoms with Crippen LogP contribution in [-0.4, -0.2) is 47.8 Å². The van der Waals surface area contributed by atoms with Gasteiger partial charge in [-0.3, -0.25) is 4.90 Å². The fourth-order valence-electron chi connectivity index (χ4n) is 4.95. The molecule has 0 spiro atoms. The van der Waals surface area contributed by atoms with Crippen molar-refractivity contribution < 1.29 is 5.11 Å². The van der Waals surface area contributed by atoms with Gasteiger partial charge in [0, 0.05) is 17.6 Å². The monoisotopic (exact) mass is 266 g/mol. The maximum absolute atomic E-state index is 9.68. The second kappa shape index (κ2) is 5.71. The van der Waals surface area contributed by atoms with Crippen molar-refractivity contribution in [2.45, 2.75) is 75.4 Å². The van der Waals surface area contributed by atoms with Gasteiger partial charge in [-0.2, -0.15) is 0 Å². The lowest BCUT2D eigenvalue weighted by Crippen LogP contribution is -2.52. The number of aliphatic hydroxyl groups excluding tert-OH is 1. The van der Waals surface area contributed by atoms with E-state index in [1.807, 2.05) is 7.05 Å². The van der Waals surface area contributed by atoms with E-state index < -0.39 is 0 Å². The van der Waals surface area contributed by atoms with Crippen molar-refractivity contribution in [2.75, 3.05) is 20.2 Å². The van der Waals surface area contributed by atoms with Crippen molar-refractivity contribution >= 4 is 0 Å². The molecule has 110 valence electrons. The van der Waals surface area contributed by atoms with Crippen molar-refractivity contribution in [3.05, 3.63) is 0 Å². The van der Waals surface area contributed by atoms with Gasteiger partial charge in [0.25, 0.3) is 0 Å². The summed E-state index contributed by atoms with van der Waals surface area (Å²) in [4.78, 5) is 2.84. The van der Waals surface area contributed by atoms with E-state index in [2.05, 4.69) is 10.2 Å². The van der Waals surface area contributed by atoms with Crippen LogP contribution >= 0.6 is 0 Å². The Morgan fingerprint density at radius 1 is 1.16 bits per heavy atom. The van der Waals surface area contributed by atoms with Crippen LogP contribution in [0.4, 0.5) is 0 Å². The van der Waals surface area contributed by atoms with E-state index in [1.54, 1.807) is 0 Å². The number of piperidine rings is 1. The summed E-state index contributed by atoms with van der Waals surface area (Å²) in [6.07, 6.45) is 12.2. The molecule has 0 aromatic carbocycles. The first-order valence-corrected chi connectivity index (χ1v) is 8.33. The molecule has 0 aromatic rings. The Morgan fingerprint density at radius 2 is 1.95 bits per heavy atom. The molecule has 1 heterocycles. The molecule has 0 aromatic heterocycles. The van der Waals surface area contributed by atoms with Crippen LogP contribution in [0.1, 0.15) is 57.8 Å². The van der Waals surface area contributed by atoms with Crippen molar-refractivity contribution in [3.8, 4) is 0 Å². The molecule has 0 bridgehead atoms. The van der Waals surface area contributed by atoms with Crippen molar-refractivity contribution in [1.82, 2.24) is 10.2 Å². The topological polar surface area (TPSA) is 35.5 Å². The largest absolute Gasteiger partial charge is 0.394 e. The summed E-state index contributed by atoms with van der Waals surface area (Å²) in [7, 11) is 2.01. The minimum absolute atomic E-state index is 0.00623. The van der Waals surface area contributed by atoms with Crippen LogP contribution in [0, 0.1) is 5.92 Å². The zero-order valence-corrected chi connectivity index (χ0v) is 12.4. The predicted molar refractivity (Wildman–Crippen MR) is 78.2 cm³/mol. The van der Waals surface area contributed by atoms with E-state index in [1.165, 1.54) is 51.5 Å². The number of hydrogen-bond acceptors (Lipinski definition) is 3. The van der Waals surface area contributed by atoms with E-state index in [-0.39, 0.29) is 5.54 Å². The molecule has 3 aliphatic rings. The molecule has 3 nitrogen and oxygen atoms in total. The molecule has 2 N–H and O–H groups in total. The quantitative estimate of drug-likeness (QED) is 0.821. The Balaban J connectivity index is 1.68. The van der Waals surface area contributed by atoms with Gasteiger partial charge in [0.05, 0.1) is 6.61 Å². The van der Waals surface area contributed by atoms with Crippen LogP contribution in [0.2, 0.25) is 0 Å². The number of rotatable bonds is 3. The summed E-state index contributed by atoms with van der Waals surface area (Å²) in [6.45, 7) is 1.60. The molecule has 1 saturated heterocycles. The Bertz CT molecular complexity index is 301. The van der Waals surface area contributed by atoms with Gasteiger partial charge in [-0.1, -0.05) is 12.8 Å². The number of nitrogens with one attached hydrogen (secondary N) is 1. The average molecular weight is 266 g/mol. The number of hydrogen-bond donors (Lipinski definition) is 2. The molecule has 1 aliphatic heterocycles. The fraction of sp³-hybridized carbons (Fsp3) is 1.00. The number of aliphatic hydroxyl groups is 1. The molecule has 4 unspecified atom stereocenters. The van der Waals surface area contributed by atoms with E-state index in [9.17, 15) is 5.11 Å². The van der Waals surface area contributed by atoms with Gasteiger partial charge < -0.3 is 10.4 Å². The second-order valence-electron chi connectivity index (χ2n) is 7.08. The van der Waals surface area contributed by atoms with Crippen molar-refractivity contribution in [1.29, 1.82) is 0 Å². The lowest BCUT2D eigenvalue weighted by Gasteiger charge is -2.47. The Hall–Kier alpha value is -0.120. The van der Waals surface area contributed by atoms with Crippen LogP contribution in [0.25, 0.3) is 0 Å². The number of nitrogens with zero attached hydrogens (tertiary/aromatic N) is 1. The lowest BCUT2D eigenvalue weighted by atomic mass is 9.77. The van der Waals surface area contributed by atoms with E-state index in [4.69, 9.17) is 0 Å². The zero-order valence-electron chi connectivity index (χ0n) is 12.4. The van der Waals surface area contributed by atoms with Gasteiger partial charge in [0.15, 0.2) is 0 Å². The summed E-state index contributed by atoms with van der Waals surface area (Å²) in [5.74, 6) is 0.973. The SMILES string of the molecule is CNC1(CO)CCC(N2CCCC3CCCCC32)C1. The Labute approximate surface area is 117 Å². The summed E-state index contributed by atoms with van der Waals surface area (Å²) in [6, 6.07) is 1.57. The molecule has 2 saturated carbocycles. The third-order valence-corrected chi connectivity index (χ3v) is 6.17. The highest BCUT2D eigenvalue weighted by atomic mass is 16.3.